The summed E-state index contributed by atoms with van der Waals surface area (Å²) in [6.45, 7) is 2.44. The van der Waals surface area contributed by atoms with Crippen molar-refractivity contribution in [2.75, 3.05) is 13.7 Å². The zero-order valence-electron chi connectivity index (χ0n) is 13.0. The molecule has 1 aromatic carbocycles. The van der Waals surface area contributed by atoms with Crippen LogP contribution in [0.4, 0.5) is 0 Å². The van der Waals surface area contributed by atoms with Gasteiger partial charge in [-0.2, -0.15) is 0 Å². The smallest absolute Gasteiger partial charge is 0.222 e. The molecule has 0 aliphatic carbocycles. The molecule has 1 aliphatic heterocycles. The number of carbonyl (C=O) groups is 1. The van der Waals surface area contributed by atoms with Crippen molar-refractivity contribution >= 4 is 5.91 Å². The van der Waals surface area contributed by atoms with Crippen molar-refractivity contribution in [2.24, 2.45) is 0 Å². The number of fused-ring (bicyclic) bond motifs is 1. The molecule has 0 saturated heterocycles. The number of hydrogen-bond donors (Lipinski definition) is 0. The predicted molar refractivity (Wildman–Crippen MR) is 85.8 cm³/mol. The van der Waals surface area contributed by atoms with Crippen LogP contribution in [0.5, 0.6) is 5.75 Å². The molecule has 1 aromatic heterocycles. The van der Waals surface area contributed by atoms with Crippen molar-refractivity contribution in [1.82, 2.24) is 9.47 Å². The second-order valence-electron chi connectivity index (χ2n) is 5.72. The van der Waals surface area contributed by atoms with E-state index in [-0.39, 0.29) is 5.91 Å². The molecule has 1 amide bonds. The van der Waals surface area contributed by atoms with Gasteiger partial charge in [0, 0.05) is 38.4 Å². The zero-order chi connectivity index (χ0) is 15.4. The summed E-state index contributed by atoms with van der Waals surface area (Å²) in [6, 6.07) is 10.2. The Morgan fingerprint density at radius 2 is 2.05 bits per heavy atom. The molecule has 0 N–H and O–H groups in total. The number of aryl methyl sites for hydroxylation is 1. The molecule has 1 aliphatic rings. The molecular formula is C18H22N2O2. The lowest BCUT2D eigenvalue weighted by molar-refractivity contribution is -0.132. The Balaban J connectivity index is 1.53. The summed E-state index contributed by atoms with van der Waals surface area (Å²) in [5, 5.41) is 0. The molecule has 4 nitrogen and oxygen atoms in total. The summed E-state index contributed by atoms with van der Waals surface area (Å²) in [4.78, 5) is 14.3. The van der Waals surface area contributed by atoms with E-state index in [1.165, 1.54) is 11.1 Å². The highest BCUT2D eigenvalue weighted by Gasteiger charge is 2.20. The molecule has 0 unspecified atom stereocenters. The van der Waals surface area contributed by atoms with E-state index >= 15 is 0 Å². The van der Waals surface area contributed by atoms with Gasteiger partial charge in [-0.05, 0) is 48.2 Å². The molecule has 0 fully saturated rings. The van der Waals surface area contributed by atoms with Crippen molar-refractivity contribution in [3.8, 4) is 5.75 Å². The Morgan fingerprint density at radius 3 is 2.82 bits per heavy atom. The summed E-state index contributed by atoms with van der Waals surface area (Å²) < 4.78 is 7.38. The van der Waals surface area contributed by atoms with Gasteiger partial charge in [-0.1, -0.05) is 6.07 Å². The Bertz CT molecular complexity index is 635. The lowest BCUT2D eigenvalue weighted by atomic mass is 9.99. The summed E-state index contributed by atoms with van der Waals surface area (Å²) in [5.41, 5.74) is 2.54. The standard InChI is InChI=1S/C18H22N2O2/c1-22-17-7-6-16-14-20(12-8-15(16)13-17)18(21)5-4-11-19-9-2-3-10-19/h2-3,6-7,9-10,13H,4-5,8,11-12,14H2,1H3. The van der Waals surface area contributed by atoms with Gasteiger partial charge in [0.1, 0.15) is 5.75 Å². The number of nitrogens with zero attached hydrogens (tertiary/aromatic N) is 2. The van der Waals surface area contributed by atoms with Crippen LogP contribution in [-0.4, -0.2) is 29.0 Å². The quantitative estimate of drug-likeness (QED) is 0.850. The van der Waals surface area contributed by atoms with Crippen LogP contribution in [0.25, 0.3) is 0 Å². The molecule has 4 heteroatoms. The predicted octanol–water partition coefficient (Wildman–Crippen LogP) is 2.86. The maximum absolute atomic E-state index is 12.4. The third-order valence-corrected chi connectivity index (χ3v) is 4.25. The minimum atomic E-state index is 0.258. The third-order valence-electron chi connectivity index (χ3n) is 4.25. The number of carbonyl (C=O) groups excluding carboxylic acids is 1. The highest BCUT2D eigenvalue weighted by Crippen LogP contribution is 2.24. The molecule has 2 heterocycles. The van der Waals surface area contributed by atoms with Crippen LogP contribution in [0.2, 0.25) is 0 Å². The number of methoxy groups -OCH3 is 1. The SMILES string of the molecule is COc1ccc2c(c1)CCN(C(=O)CCCn1cccc1)C2. The summed E-state index contributed by atoms with van der Waals surface area (Å²) >= 11 is 0. The van der Waals surface area contributed by atoms with Gasteiger partial charge in [-0.25, -0.2) is 0 Å². The van der Waals surface area contributed by atoms with E-state index < -0.39 is 0 Å². The Kier molecular flexibility index (Phi) is 4.47. The van der Waals surface area contributed by atoms with E-state index in [9.17, 15) is 4.79 Å². The second-order valence-corrected chi connectivity index (χ2v) is 5.72. The topological polar surface area (TPSA) is 34.5 Å². The van der Waals surface area contributed by atoms with Crippen LogP contribution in [0.1, 0.15) is 24.0 Å². The monoisotopic (exact) mass is 298 g/mol. The van der Waals surface area contributed by atoms with Crippen LogP contribution in [0.3, 0.4) is 0 Å². The van der Waals surface area contributed by atoms with Gasteiger partial charge in [0.25, 0.3) is 0 Å². The van der Waals surface area contributed by atoms with Gasteiger partial charge in [0.05, 0.1) is 7.11 Å². The van der Waals surface area contributed by atoms with E-state index in [4.69, 9.17) is 4.74 Å². The van der Waals surface area contributed by atoms with Crippen molar-refractivity contribution in [3.63, 3.8) is 0 Å². The normalized spacial score (nSPS) is 13.8. The molecule has 22 heavy (non-hydrogen) atoms. The number of aromatic nitrogens is 1. The number of benzene rings is 1. The Hall–Kier alpha value is -2.23. The largest absolute Gasteiger partial charge is 0.497 e. The van der Waals surface area contributed by atoms with Crippen LogP contribution < -0.4 is 4.74 Å². The minimum Gasteiger partial charge on any atom is -0.497 e. The molecule has 0 atom stereocenters. The van der Waals surface area contributed by atoms with E-state index in [1.54, 1.807) is 7.11 Å². The van der Waals surface area contributed by atoms with E-state index in [2.05, 4.69) is 16.7 Å². The number of rotatable bonds is 5. The third kappa shape index (κ3) is 3.32. The molecule has 0 bridgehead atoms. The van der Waals surface area contributed by atoms with Crippen LogP contribution in [-0.2, 0) is 24.3 Å². The maximum Gasteiger partial charge on any atom is 0.222 e. The first-order valence-corrected chi connectivity index (χ1v) is 7.80. The number of ether oxygens (including phenoxy) is 1. The average Bonchev–Trinajstić information content (AvgIpc) is 3.07. The van der Waals surface area contributed by atoms with Crippen molar-refractivity contribution in [3.05, 3.63) is 53.9 Å². The summed E-state index contributed by atoms with van der Waals surface area (Å²) in [5.74, 6) is 1.15. The average molecular weight is 298 g/mol. The maximum atomic E-state index is 12.4. The Labute approximate surface area is 131 Å². The highest BCUT2D eigenvalue weighted by molar-refractivity contribution is 5.76. The van der Waals surface area contributed by atoms with Gasteiger partial charge in [-0.15, -0.1) is 0 Å². The Morgan fingerprint density at radius 1 is 1.23 bits per heavy atom. The lowest BCUT2D eigenvalue weighted by Gasteiger charge is -2.29. The highest BCUT2D eigenvalue weighted by atomic mass is 16.5. The van der Waals surface area contributed by atoms with Crippen LogP contribution in [0.15, 0.2) is 42.7 Å². The summed E-state index contributed by atoms with van der Waals surface area (Å²) in [6.07, 6.45) is 6.49. The first-order valence-electron chi connectivity index (χ1n) is 7.80. The van der Waals surface area contributed by atoms with E-state index in [0.717, 1.165) is 38.2 Å². The fraction of sp³-hybridized carbons (Fsp3) is 0.389. The minimum absolute atomic E-state index is 0.258. The van der Waals surface area contributed by atoms with E-state index in [1.807, 2.05) is 35.5 Å². The van der Waals surface area contributed by atoms with E-state index in [0.29, 0.717) is 6.42 Å². The molecule has 0 radical (unpaired) electrons. The van der Waals surface area contributed by atoms with Crippen LogP contribution >= 0.6 is 0 Å². The first-order chi connectivity index (χ1) is 10.8. The van der Waals surface area contributed by atoms with Gasteiger partial charge in [0.2, 0.25) is 5.91 Å². The molecule has 0 saturated carbocycles. The molecule has 0 spiro atoms. The van der Waals surface area contributed by atoms with Gasteiger partial charge in [-0.3, -0.25) is 4.79 Å². The summed E-state index contributed by atoms with van der Waals surface area (Å²) in [7, 11) is 1.69. The molecule has 116 valence electrons. The van der Waals surface area contributed by atoms with Crippen molar-refractivity contribution < 1.29 is 9.53 Å². The lowest BCUT2D eigenvalue weighted by Crippen LogP contribution is -2.35. The van der Waals surface area contributed by atoms with Crippen molar-refractivity contribution in [1.29, 1.82) is 0 Å². The van der Waals surface area contributed by atoms with Gasteiger partial charge < -0.3 is 14.2 Å². The fourth-order valence-electron chi connectivity index (χ4n) is 2.96. The molecule has 3 rings (SSSR count). The molecular weight excluding hydrogens is 276 g/mol. The van der Waals surface area contributed by atoms with Crippen molar-refractivity contribution in [2.45, 2.75) is 32.4 Å². The number of amides is 1. The zero-order valence-corrected chi connectivity index (χ0v) is 13.0. The van der Waals surface area contributed by atoms with Crippen LogP contribution in [0, 0.1) is 0 Å². The van der Waals surface area contributed by atoms with Gasteiger partial charge in [0.15, 0.2) is 0 Å². The fourth-order valence-corrected chi connectivity index (χ4v) is 2.96. The second kappa shape index (κ2) is 6.69. The number of hydrogen-bond acceptors (Lipinski definition) is 2. The van der Waals surface area contributed by atoms with Gasteiger partial charge >= 0.3 is 0 Å². The first kappa shape index (κ1) is 14.7. The molecule has 2 aromatic rings.